The molecular weight excluding hydrogens is 532 g/mol. The third-order valence-electron chi connectivity index (χ3n) is 7.15. The average molecular weight is 560 g/mol. The predicted octanol–water partition coefficient (Wildman–Crippen LogP) is 5.14. The number of hydrogen-bond acceptors (Lipinski definition) is 6. The first-order valence-electron chi connectivity index (χ1n) is 12.2. The number of piperidine rings is 1. The number of amides is 1. The number of hydrogen-bond donors (Lipinski definition) is 3. The van der Waals surface area contributed by atoms with Crippen molar-refractivity contribution in [2.75, 3.05) is 26.7 Å². The molecule has 1 aliphatic heterocycles. The summed E-state index contributed by atoms with van der Waals surface area (Å²) in [7, 11) is 1.56. The van der Waals surface area contributed by atoms with Crippen LogP contribution in [0.15, 0.2) is 42.6 Å². The van der Waals surface area contributed by atoms with Gasteiger partial charge in [-0.25, -0.2) is 9.87 Å². The summed E-state index contributed by atoms with van der Waals surface area (Å²) < 4.78 is 18.9. The second kappa shape index (κ2) is 12.3. The van der Waals surface area contributed by atoms with Gasteiger partial charge in [0.2, 0.25) is 5.91 Å². The van der Waals surface area contributed by atoms with Gasteiger partial charge in [-0.2, -0.15) is 0 Å². The average Bonchev–Trinajstić information content (AvgIpc) is 2.93. The molecule has 38 heavy (non-hydrogen) atoms. The van der Waals surface area contributed by atoms with Crippen LogP contribution in [0.1, 0.15) is 42.9 Å². The van der Waals surface area contributed by atoms with E-state index in [1.807, 2.05) is 5.48 Å². The van der Waals surface area contributed by atoms with Crippen molar-refractivity contribution in [1.82, 2.24) is 15.4 Å². The summed E-state index contributed by atoms with van der Waals surface area (Å²) in [5.41, 5.74) is 2.70. The second-order valence-corrected chi connectivity index (χ2v) is 10.2. The van der Waals surface area contributed by atoms with Gasteiger partial charge in [-0.15, -0.1) is 0 Å². The van der Waals surface area contributed by atoms with E-state index in [1.165, 1.54) is 18.3 Å². The summed E-state index contributed by atoms with van der Waals surface area (Å²) >= 11 is 12.2. The van der Waals surface area contributed by atoms with E-state index < -0.39 is 23.2 Å². The smallest absolute Gasteiger partial charge is 0.249 e. The van der Waals surface area contributed by atoms with Crippen molar-refractivity contribution in [3.63, 3.8) is 0 Å². The van der Waals surface area contributed by atoms with Crippen LogP contribution in [-0.2, 0) is 4.79 Å². The third-order valence-corrected chi connectivity index (χ3v) is 7.76. The molecule has 4 rings (SSSR count). The topological polar surface area (TPSA) is 94.9 Å². The molecule has 0 radical (unpaired) electrons. The maximum atomic E-state index is 13.6. The Bertz CT molecular complexity index is 1380. The fourth-order valence-electron chi connectivity index (χ4n) is 4.87. The van der Waals surface area contributed by atoms with Crippen LogP contribution in [0.5, 0.6) is 5.75 Å². The summed E-state index contributed by atoms with van der Waals surface area (Å²) in [4.78, 5) is 19.2. The van der Waals surface area contributed by atoms with Crippen molar-refractivity contribution in [3.05, 3.63) is 69.6 Å². The number of aliphatic hydroxyl groups is 1. The fourth-order valence-corrected chi connectivity index (χ4v) is 5.26. The highest BCUT2D eigenvalue weighted by Crippen LogP contribution is 2.41. The number of aromatic nitrogens is 1. The summed E-state index contributed by atoms with van der Waals surface area (Å²) in [6.07, 6.45) is 2.10. The Labute approximate surface area is 230 Å². The van der Waals surface area contributed by atoms with Crippen LogP contribution in [-0.4, -0.2) is 52.8 Å². The number of pyridine rings is 1. The molecule has 1 fully saturated rings. The van der Waals surface area contributed by atoms with E-state index in [2.05, 4.69) is 21.7 Å². The van der Waals surface area contributed by atoms with Gasteiger partial charge < -0.3 is 9.84 Å². The molecule has 2 heterocycles. The zero-order chi connectivity index (χ0) is 27.3. The number of nitrogens with one attached hydrogen (secondary N) is 1. The first-order chi connectivity index (χ1) is 18.3. The molecule has 1 unspecified atom stereocenters. The van der Waals surface area contributed by atoms with E-state index in [9.17, 15) is 19.5 Å². The summed E-state index contributed by atoms with van der Waals surface area (Å²) in [6.45, 7) is 1.59. The third kappa shape index (κ3) is 6.20. The lowest BCUT2D eigenvalue weighted by molar-refractivity contribution is -0.143. The standard InChI is InChI=1S/C28H28Cl2FN3O4/c1-38-19-5-7-24-20(16-19)26(22(30)17-32-24)25(35)8-9-28(27(36)33-37)10-13-34(14-11-28)12-2-3-18-4-6-21(29)23(31)15-18/h4-7,15-17,25,35,37H,8-14H2,1H3,(H,33,36). The molecule has 200 valence electrons. The minimum atomic E-state index is -0.952. The molecule has 7 nitrogen and oxygen atoms in total. The highest BCUT2D eigenvalue weighted by molar-refractivity contribution is 6.32. The van der Waals surface area contributed by atoms with Gasteiger partial charge in [-0.05, 0) is 62.1 Å². The first-order valence-corrected chi connectivity index (χ1v) is 12.9. The normalized spacial score (nSPS) is 15.9. The molecule has 0 bridgehead atoms. The lowest BCUT2D eigenvalue weighted by Gasteiger charge is -2.40. The van der Waals surface area contributed by atoms with Crippen LogP contribution in [0.2, 0.25) is 10.0 Å². The van der Waals surface area contributed by atoms with Crippen molar-refractivity contribution >= 4 is 40.0 Å². The number of likely N-dealkylation sites (tertiary alicyclic amines) is 1. The van der Waals surface area contributed by atoms with E-state index in [0.29, 0.717) is 71.7 Å². The van der Waals surface area contributed by atoms with Crippen LogP contribution in [0.4, 0.5) is 4.39 Å². The number of aliphatic hydroxyl groups excluding tert-OH is 1. The maximum Gasteiger partial charge on any atom is 0.249 e. The molecule has 2 aromatic carbocycles. The number of ether oxygens (including phenoxy) is 1. The molecule has 1 aromatic heterocycles. The Hall–Kier alpha value is -2.93. The number of benzene rings is 2. The van der Waals surface area contributed by atoms with Crippen LogP contribution >= 0.6 is 23.2 Å². The Kier molecular flexibility index (Phi) is 9.08. The number of carbonyl (C=O) groups is 1. The molecular formula is C28H28Cl2FN3O4. The molecule has 0 spiro atoms. The van der Waals surface area contributed by atoms with Crippen molar-refractivity contribution in [2.24, 2.45) is 5.41 Å². The molecule has 3 N–H and O–H groups in total. The number of halogens is 3. The SMILES string of the molecule is COc1ccc2ncc(Cl)c(C(O)CCC3(C(=O)NO)CCN(CC#Cc4ccc(Cl)c(F)c4)CC3)c2c1. The van der Waals surface area contributed by atoms with Crippen molar-refractivity contribution in [3.8, 4) is 17.6 Å². The quantitative estimate of drug-likeness (QED) is 0.211. The van der Waals surface area contributed by atoms with Gasteiger partial charge in [-0.3, -0.25) is 19.9 Å². The van der Waals surface area contributed by atoms with Gasteiger partial charge in [0.05, 0.1) is 40.7 Å². The molecule has 0 aliphatic carbocycles. The van der Waals surface area contributed by atoms with Crippen LogP contribution in [0.3, 0.4) is 0 Å². The van der Waals surface area contributed by atoms with Crippen molar-refractivity contribution < 1.29 is 24.2 Å². The highest BCUT2D eigenvalue weighted by atomic mass is 35.5. The van der Waals surface area contributed by atoms with E-state index in [-0.39, 0.29) is 11.4 Å². The lowest BCUT2D eigenvalue weighted by atomic mass is 9.73. The zero-order valence-electron chi connectivity index (χ0n) is 20.8. The Morgan fingerprint density at radius 2 is 2.00 bits per heavy atom. The van der Waals surface area contributed by atoms with E-state index in [4.69, 9.17) is 27.9 Å². The number of carbonyl (C=O) groups excluding carboxylic acids is 1. The molecule has 1 saturated heterocycles. The zero-order valence-corrected chi connectivity index (χ0v) is 22.3. The Balaban J connectivity index is 1.43. The molecule has 10 heteroatoms. The minimum absolute atomic E-state index is 0.0503. The van der Waals surface area contributed by atoms with E-state index in [0.717, 1.165) is 0 Å². The Morgan fingerprint density at radius 3 is 2.68 bits per heavy atom. The number of nitrogens with zero attached hydrogens (tertiary/aromatic N) is 2. The van der Waals surface area contributed by atoms with Gasteiger partial charge >= 0.3 is 0 Å². The molecule has 1 atom stereocenters. The van der Waals surface area contributed by atoms with Crippen molar-refractivity contribution in [2.45, 2.75) is 31.8 Å². The highest BCUT2D eigenvalue weighted by Gasteiger charge is 2.41. The van der Waals surface area contributed by atoms with Crippen LogP contribution in [0, 0.1) is 23.1 Å². The van der Waals surface area contributed by atoms with Gasteiger partial charge in [0.1, 0.15) is 11.6 Å². The predicted molar refractivity (Wildman–Crippen MR) is 144 cm³/mol. The van der Waals surface area contributed by atoms with Gasteiger partial charge in [0.25, 0.3) is 0 Å². The van der Waals surface area contributed by atoms with Gasteiger partial charge in [0, 0.05) is 35.8 Å². The number of rotatable bonds is 7. The number of methoxy groups -OCH3 is 1. The van der Waals surface area contributed by atoms with Gasteiger partial charge in [0.15, 0.2) is 0 Å². The number of fused-ring (bicyclic) bond motifs is 1. The summed E-state index contributed by atoms with van der Waals surface area (Å²) in [6, 6.07) is 9.78. The van der Waals surface area contributed by atoms with E-state index in [1.54, 1.807) is 31.4 Å². The van der Waals surface area contributed by atoms with Gasteiger partial charge in [-0.1, -0.05) is 35.0 Å². The van der Waals surface area contributed by atoms with E-state index >= 15 is 0 Å². The largest absolute Gasteiger partial charge is 0.497 e. The molecule has 0 saturated carbocycles. The summed E-state index contributed by atoms with van der Waals surface area (Å²) in [5.74, 6) is 5.60. The molecule has 3 aromatic rings. The fraction of sp³-hybridized carbons (Fsp3) is 0.357. The molecule has 1 amide bonds. The first kappa shape index (κ1) is 28.1. The lowest BCUT2D eigenvalue weighted by Crippen LogP contribution is -2.48. The minimum Gasteiger partial charge on any atom is -0.497 e. The monoisotopic (exact) mass is 559 g/mol. The maximum absolute atomic E-state index is 13.6. The van der Waals surface area contributed by atoms with Crippen LogP contribution in [0.25, 0.3) is 10.9 Å². The van der Waals surface area contributed by atoms with Crippen molar-refractivity contribution in [1.29, 1.82) is 0 Å². The second-order valence-electron chi connectivity index (χ2n) is 9.39. The molecule has 1 aliphatic rings. The Morgan fingerprint density at radius 1 is 1.24 bits per heavy atom. The summed E-state index contributed by atoms with van der Waals surface area (Å²) in [5, 5.41) is 21.7. The number of hydroxylamine groups is 1. The van der Waals surface area contributed by atoms with Crippen LogP contribution < -0.4 is 10.2 Å².